The molecule has 2 rings (SSSR count). The number of methoxy groups -OCH3 is 1. The summed E-state index contributed by atoms with van der Waals surface area (Å²) in [6.45, 7) is 4.38. The van der Waals surface area contributed by atoms with Crippen molar-refractivity contribution in [3.8, 4) is 5.75 Å². The van der Waals surface area contributed by atoms with Crippen LogP contribution >= 0.6 is 11.8 Å². The van der Waals surface area contributed by atoms with E-state index in [9.17, 15) is 13.2 Å². The second-order valence-corrected chi connectivity index (χ2v) is 8.62. The van der Waals surface area contributed by atoms with E-state index in [-0.39, 0.29) is 16.6 Å². The van der Waals surface area contributed by atoms with Gasteiger partial charge in [-0.25, -0.2) is 8.42 Å². The molecule has 0 unspecified atom stereocenters. The first-order chi connectivity index (χ1) is 12.9. The monoisotopic (exact) mass is 408 g/mol. The van der Waals surface area contributed by atoms with E-state index in [2.05, 4.69) is 5.32 Å². The van der Waals surface area contributed by atoms with E-state index in [0.29, 0.717) is 18.8 Å². The van der Waals surface area contributed by atoms with Gasteiger partial charge in [0, 0.05) is 23.7 Å². The molecule has 0 aliphatic rings. The number of thioether (sulfide) groups is 1. The number of carbonyl (C=O) groups is 1. The predicted molar refractivity (Wildman–Crippen MR) is 109 cm³/mol. The molecule has 0 atom stereocenters. The minimum absolute atomic E-state index is 0.173. The van der Waals surface area contributed by atoms with E-state index in [0.717, 1.165) is 10.6 Å². The van der Waals surface area contributed by atoms with Crippen LogP contribution < -0.4 is 10.1 Å². The second kappa shape index (κ2) is 9.77. The Morgan fingerprint density at radius 3 is 2.37 bits per heavy atom. The predicted octanol–water partition coefficient (Wildman–Crippen LogP) is 3.46. The van der Waals surface area contributed by atoms with Crippen molar-refractivity contribution in [2.75, 3.05) is 31.3 Å². The van der Waals surface area contributed by atoms with Crippen molar-refractivity contribution in [3.05, 3.63) is 48.5 Å². The molecule has 0 fully saturated rings. The van der Waals surface area contributed by atoms with Gasteiger partial charge in [0.1, 0.15) is 5.75 Å². The summed E-state index contributed by atoms with van der Waals surface area (Å²) in [5.74, 6) is 0.780. The number of carbonyl (C=O) groups excluding carboxylic acids is 1. The van der Waals surface area contributed by atoms with Gasteiger partial charge in [0.2, 0.25) is 15.9 Å². The summed E-state index contributed by atoms with van der Waals surface area (Å²) in [6.07, 6.45) is 0. The van der Waals surface area contributed by atoms with Crippen LogP contribution in [0.2, 0.25) is 0 Å². The van der Waals surface area contributed by atoms with E-state index in [1.165, 1.54) is 28.2 Å². The number of sulfonamides is 1. The fourth-order valence-corrected chi connectivity index (χ4v) is 4.67. The normalized spacial score (nSPS) is 11.4. The molecule has 0 radical (unpaired) electrons. The van der Waals surface area contributed by atoms with Crippen LogP contribution in [0.3, 0.4) is 0 Å². The molecule has 0 spiro atoms. The smallest absolute Gasteiger partial charge is 0.243 e. The molecule has 146 valence electrons. The quantitative estimate of drug-likeness (QED) is 0.643. The zero-order valence-corrected chi connectivity index (χ0v) is 17.3. The zero-order valence-electron chi connectivity index (χ0n) is 15.6. The van der Waals surface area contributed by atoms with Gasteiger partial charge < -0.3 is 10.1 Å². The van der Waals surface area contributed by atoms with Crippen molar-refractivity contribution in [1.29, 1.82) is 0 Å². The number of rotatable bonds is 9. The highest BCUT2D eigenvalue weighted by Crippen LogP contribution is 2.22. The summed E-state index contributed by atoms with van der Waals surface area (Å²) in [5, 5.41) is 2.75. The van der Waals surface area contributed by atoms with Gasteiger partial charge in [0.05, 0.1) is 17.8 Å². The first kappa shape index (κ1) is 21.3. The van der Waals surface area contributed by atoms with Crippen LogP contribution in [0.25, 0.3) is 0 Å². The molecule has 0 aliphatic carbocycles. The average molecular weight is 409 g/mol. The van der Waals surface area contributed by atoms with Crippen LogP contribution in [0, 0.1) is 0 Å². The number of ether oxygens (including phenoxy) is 1. The lowest BCUT2D eigenvalue weighted by atomic mass is 10.3. The standard InChI is InChI=1S/C19H24N2O4S2/c1-4-21(5-2)27(23,24)18-8-6-7-15(13-18)20-19(22)14-26-17-11-9-16(25-3)10-12-17/h6-13H,4-5,14H2,1-3H3,(H,20,22). The van der Waals surface area contributed by atoms with E-state index < -0.39 is 10.0 Å². The number of hydrogen-bond donors (Lipinski definition) is 1. The van der Waals surface area contributed by atoms with Crippen LogP contribution in [0.15, 0.2) is 58.3 Å². The van der Waals surface area contributed by atoms with Gasteiger partial charge in [-0.15, -0.1) is 11.8 Å². The highest BCUT2D eigenvalue weighted by Gasteiger charge is 2.21. The van der Waals surface area contributed by atoms with Crippen molar-refractivity contribution in [2.45, 2.75) is 23.6 Å². The molecule has 0 aromatic heterocycles. The Morgan fingerprint density at radius 2 is 1.78 bits per heavy atom. The SMILES string of the molecule is CCN(CC)S(=O)(=O)c1cccc(NC(=O)CSc2ccc(OC)cc2)c1. The number of benzene rings is 2. The molecule has 8 heteroatoms. The number of nitrogens with one attached hydrogen (secondary N) is 1. The van der Waals surface area contributed by atoms with Crippen molar-refractivity contribution in [3.63, 3.8) is 0 Å². The molecule has 6 nitrogen and oxygen atoms in total. The fourth-order valence-electron chi connectivity index (χ4n) is 2.46. The Kier molecular flexibility index (Phi) is 7.70. The summed E-state index contributed by atoms with van der Waals surface area (Å²) < 4.78 is 31.7. The Morgan fingerprint density at radius 1 is 1.11 bits per heavy atom. The summed E-state index contributed by atoms with van der Waals surface area (Å²) in [4.78, 5) is 13.3. The fraction of sp³-hybridized carbons (Fsp3) is 0.316. The molecular weight excluding hydrogens is 384 g/mol. The van der Waals surface area contributed by atoms with Crippen molar-refractivity contribution < 1.29 is 17.9 Å². The minimum atomic E-state index is -3.56. The molecule has 0 saturated carbocycles. The van der Waals surface area contributed by atoms with Crippen molar-refractivity contribution in [2.24, 2.45) is 0 Å². The van der Waals surface area contributed by atoms with E-state index in [1.807, 2.05) is 24.3 Å². The van der Waals surface area contributed by atoms with E-state index in [4.69, 9.17) is 4.74 Å². The van der Waals surface area contributed by atoms with Crippen LogP contribution in [0.5, 0.6) is 5.75 Å². The average Bonchev–Trinajstić information content (AvgIpc) is 2.67. The van der Waals surface area contributed by atoms with Crippen molar-refractivity contribution >= 4 is 33.4 Å². The van der Waals surface area contributed by atoms with Gasteiger partial charge in [-0.05, 0) is 42.5 Å². The zero-order chi connectivity index (χ0) is 19.9. The summed E-state index contributed by atoms with van der Waals surface area (Å²) >= 11 is 1.39. The lowest BCUT2D eigenvalue weighted by Gasteiger charge is -2.18. The minimum Gasteiger partial charge on any atom is -0.497 e. The Bertz CT molecular complexity index is 864. The topological polar surface area (TPSA) is 75.7 Å². The summed E-state index contributed by atoms with van der Waals surface area (Å²) in [6, 6.07) is 13.8. The third-order valence-electron chi connectivity index (χ3n) is 3.89. The molecule has 0 aliphatic heterocycles. The van der Waals surface area contributed by atoms with Crippen LogP contribution in [-0.2, 0) is 14.8 Å². The maximum Gasteiger partial charge on any atom is 0.243 e. The first-order valence-corrected chi connectivity index (χ1v) is 11.0. The Balaban J connectivity index is 2.01. The third-order valence-corrected chi connectivity index (χ3v) is 6.95. The molecular formula is C19H24N2O4S2. The maximum absolute atomic E-state index is 12.6. The highest BCUT2D eigenvalue weighted by atomic mass is 32.2. The number of anilines is 1. The molecule has 27 heavy (non-hydrogen) atoms. The van der Waals surface area contributed by atoms with Gasteiger partial charge in [0.25, 0.3) is 0 Å². The number of nitrogens with zero attached hydrogens (tertiary/aromatic N) is 1. The second-order valence-electron chi connectivity index (χ2n) is 5.63. The molecule has 1 N–H and O–H groups in total. The van der Waals surface area contributed by atoms with Crippen LogP contribution in [-0.4, -0.2) is 44.6 Å². The van der Waals surface area contributed by atoms with Crippen LogP contribution in [0.1, 0.15) is 13.8 Å². The third kappa shape index (κ3) is 5.72. The van der Waals surface area contributed by atoms with Crippen molar-refractivity contribution in [1.82, 2.24) is 4.31 Å². The van der Waals surface area contributed by atoms with Gasteiger partial charge in [0.15, 0.2) is 0 Å². The molecule has 2 aromatic rings. The lowest BCUT2D eigenvalue weighted by molar-refractivity contribution is -0.113. The van der Waals surface area contributed by atoms with Gasteiger partial charge in [-0.2, -0.15) is 4.31 Å². The lowest BCUT2D eigenvalue weighted by Crippen LogP contribution is -2.30. The van der Waals surface area contributed by atoms with Gasteiger partial charge >= 0.3 is 0 Å². The Labute approximate surface area is 165 Å². The highest BCUT2D eigenvalue weighted by molar-refractivity contribution is 8.00. The van der Waals surface area contributed by atoms with E-state index in [1.54, 1.807) is 33.1 Å². The number of amides is 1. The molecule has 0 saturated heterocycles. The van der Waals surface area contributed by atoms with Gasteiger partial charge in [-0.3, -0.25) is 4.79 Å². The molecule has 0 bridgehead atoms. The number of hydrogen-bond acceptors (Lipinski definition) is 5. The van der Waals surface area contributed by atoms with Crippen LogP contribution in [0.4, 0.5) is 5.69 Å². The first-order valence-electron chi connectivity index (χ1n) is 8.57. The maximum atomic E-state index is 12.6. The van der Waals surface area contributed by atoms with E-state index >= 15 is 0 Å². The molecule has 1 amide bonds. The largest absolute Gasteiger partial charge is 0.497 e. The van der Waals surface area contributed by atoms with Gasteiger partial charge in [-0.1, -0.05) is 19.9 Å². The summed E-state index contributed by atoms with van der Waals surface area (Å²) in [5.41, 5.74) is 0.462. The molecule has 0 heterocycles. The summed E-state index contributed by atoms with van der Waals surface area (Å²) in [7, 11) is -1.96. The Hall–Kier alpha value is -2.03. The molecule has 2 aromatic carbocycles.